The first-order valence-corrected chi connectivity index (χ1v) is 10.1. The molecule has 1 saturated carbocycles. The average Bonchev–Trinajstić information content (AvgIpc) is 3.21. The highest BCUT2D eigenvalue weighted by Gasteiger charge is 2.27. The van der Waals surface area contributed by atoms with Crippen LogP contribution in [0.3, 0.4) is 0 Å². The van der Waals surface area contributed by atoms with Crippen molar-refractivity contribution in [2.24, 2.45) is 0 Å². The molecule has 2 aromatic heterocycles. The van der Waals surface area contributed by atoms with Gasteiger partial charge in [-0.05, 0) is 44.7 Å². The minimum Gasteiger partial charge on any atom is -0.450 e. The normalized spacial score (nSPS) is 17.4. The van der Waals surface area contributed by atoms with Crippen LogP contribution in [-0.4, -0.2) is 27.6 Å². The van der Waals surface area contributed by atoms with Crippen LogP contribution in [0.2, 0.25) is 0 Å². The zero-order valence-corrected chi connectivity index (χ0v) is 16.3. The number of aromatic nitrogens is 2. The van der Waals surface area contributed by atoms with E-state index in [-0.39, 0.29) is 5.78 Å². The van der Waals surface area contributed by atoms with Crippen LogP contribution in [0.5, 0.6) is 0 Å². The summed E-state index contributed by atoms with van der Waals surface area (Å²) in [6, 6.07) is 10.2. The van der Waals surface area contributed by atoms with Crippen LogP contribution in [0.4, 0.5) is 0 Å². The van der Waals surface area contributed by atoms with Gasteiger partial charge in [0.05, 0.1) is 12.2 Å². The van der Waals surface area contributed by atoms with E-state index in [1.54, 1.807) is 0 Å². The lowest BCUT2D eigenvalue weighted by Crippen LogP contribution is -2.29. The average molecular weight is 382 g/mol. The predicted molar refractivity (Wildman–Crippen MR) is 105 cm³/mol. The van der Waals surface area contributed by atoms with E-state index in [0.717, 1.165) is 34.3 Å². The Hall–Kier alpha value is -2.47. The number of benzene rings is 1. The number of Topliss-reactive ketones (excluding diaryl/α,β-unsaturated/α-hetero) is 1. The van der Waals surface area contributed by atoms with Crippen LogP contribution >= 0.6 is 11.3 Å². The van der Waals surface area contributed by atoms with Crippen molar-refractivity contribution in [3.8, 4) is 0 Å². The first kappa shape index (κ1) is 17.9. The molecule has 3 aromatic rings. The summed E-state index contributed by atoms with van der Waals surface area (Å²) >= 11 is 1.38. The fourth-order valence-corrected chi connectivity index (χ4v) is 4.49. The zero-order valence-electron chi connectivity index (χ0n) is 15.5. The molecular formula is C21H22N2O3S. The Bertz CT molecular complexity index is 1000. The minimum absolute atomic E-state index is 0.0393. The molecule has 0 amide bonds. The van der Waals surface area contributed by atoms with Gasteiger partial charge in [0.25, 0.3) is 0 Å². The number of hydrogen-bond donors (Lipinski definition) is 0. The standard InChI is InChI=1S/C21H22N2O3S/c1-13-7-9-15(10-8-13)12-23-20-16(14(2)22-23)11-19(27-20)21(25)26-18-6-4-3-5-17(18)24/h7-11,18H,3-6,12H2,1-2H3/t18-/m0/s1. The van der Waals surface area contributed by atoms with Gasteiger partial charge in [-0.15, -0.1) is 11.3 Å². The van der Waals surface area contributed by atoms with E-state index in [1.807, 2.05) is 17.7 Å². The molecule has 0 spiro atoms. The number of fused-ring (bicyclic) bond motifs is 1. The third-order valence-corrected chi connectivity index (χ3v) is 6.14. The van der Waals surface area contributed by atoms with Gasteiger partial charge in [0.2, 0.25) is 0 Å². The van der Waals surface area contributed by atoms with Gasteiger partial charge in [0.1, 0.15) is 9.71 Å². The molecule has 0 radical (unpaired) electrons. The van der Waals surface area contributed by atoms with Crippen molar-refractivity contribution in [1.29, 1.82) is 0 Å². The van der Waals surface area contributed by atoms with Crippen molar-refractivity contribution in [1.82, 2.24) is 9.78 Å². The molecule has 140 valence electrons. The molecule has 1 aliphatic carbocycles. The first-order chi connectivity index (χ1) is 13.0. The van der Waals surface area contributed by atoms with Gasteiger partial charge >= 0.3 is 5.97 Å². The van der Waals surface area contributed by atoms with E-state index < -0.39 is 12.1 Å². The largest absolute Gasteiger partial charge is 0.450 e. The van der Waals surface area contributed by atoms with Crippen LogP contribution in [0.15, 0.2) is 30.3 Å². The molecule has 1 aromatic carbocycles. The van der Waals surface area contributed by atoms with Crippen molar-refractivity contribution in [3.63, 3.8) is 0 Å². The molecule has 4 rings (SSSR count). The van der Waals surface area contributed by atoms with E-state index in [0.29, 0.717) is 24.3 Å². The van der Waals surface area contributed by atoms with Gasteiger partial charge in [-0.1, -0.05) is 29.8 Å². The van der Waals surface area contributed by atoms with Crippen LogP contribution in [0.1, 0.15) is 52.2 Å². The van der Waals surface area contributed by atoms with E-state index in [4.69, 9.17) is 4.74 Å². The number of nitrogens with zero attached hydrogens (tertiary/aromatic N) is 2. The van der Waals surface area contributed by atoms with Crippen LogP contribution in [0, 0.1) is 13.8 Å². The fourth-order valence-electron chi connectivity index (χ4n) is 3.45. The number of carbonyl (C=O) groups excluding carboxylic acids is 2. The molecule has 0 bridgehead atoms. The summed E-state index contributed by atoms with van der Waals surface area (Å²) in [6.45, 7) is 4.66. The Labute approximate surface area is 161 Å². The quantitative estimate of drug-likeness (QED) is 0.626. The second kappa shape index (κ2) is 7.27. The number of hydrogen-bond acceptors (Lipinski definition) is 5. The highest BCUT2D eigenvalue weighted by Crippen LogP contribution is 2.30. The lowest BCUT2D eigenvalue weighted by molar-refractivity contribution is -0.129. The number of thiophene rings is 1. The predicted octanol–water partition coefficient (Wildman–Crippen LogP) is 4.43. The Kier molecular flexibility index (Phi) is 4.83. The number of ether oxygens (including phenoxy) is 1. The molecule has 0 unspecified atom stereocenters. The molecule has 6 heteroatoms. The second-order valence-electron chi connectivity index (χ2n) is 7.16. The van der Waals surface area contributed by atoms with Crippen molar-refractivity contribution in [3.05, 3.63) is 52.0 Å². The summed E-state index contributed by atoms with van der Waals surface area (Å²) in [5.74, 6) is -0.366. The van der Waals surface area contributed by atoms with Gasteiger partial charge in [-0.2, -0.15) is 5.10 Å². The number of aryl methyl sites for hydroxylation is 2. The minimum atomic E-state index is -0.582. The molecule has 0 aliphatic heterocycles. The lowest BCUT2D eigenvalue weighted by atomic mass is 9.96. The molecule has 0 N–H and O–H groups in total. The van der Waals surface area contributed by atoms with Crippen molar-refractivity contribution in [2.45, 2.75) is 52.2 Å². The van der Waals surface area contributed by atoms with Crippen molar-refractivity contribution >= 4 is 33.3 Å². The maximum atomic E-state index is 12.6. The SMILES string of the molecule is Cc1ccc(Cn2nc(C)c3cc(C(=O)O[C@H]4CCCCC4=O)sc32)cc1. The molecule has 5 nitrogen and oxygen atoms in total. The maximum Gasteiger partial charge on any atom is 0.349 e. The first-order valence-electron chi connectivity index (χ1n) is 9.27. The Morgan fingerprint density at radius 1 is 1.26 bits per heavy atom. The monoisotopic (exact) mass is 382 g/mol. The number of carbonyl (C=O) groups is 2. The van der Waals surface area contributed by atoms with Gasteiger partial charge in [-0.25, -0.2) is 4.79 Å². The van der Waals surface area contributed by atoms with Crippen LogP contribution < -0.4 is 0 Å². The molecule has 1 aliphatic rings. The Balaban J connectivity index is 1.57. The molecule has 1 fully saturated rings. The number of ketones is 1. The summed E-state index contributed by atoms with van der Waals surface area (Å²) in [6.07, 6.45) is 2.39. The maximum absolute atomic E-state index is 12.6. The summed E-state index contributed by atoms with van der Waals surface area (Å²) in [5, 5.41) is 5.58. The number of rotatable bonds is 4. The van der Waals surface area contributed by atoms with Gasteiger partial charge in [-0.3, -0.25) is 9.48 Å². The van der Waals surface area contributed by atoms with Gasteiger partial charge < -0.3 is 4.74 Å². The molecule has 27 heavy (non-hydrogen) atoms. The molecule has 0 saturated heterocycles. The third kappa shape index (κ3) is 3.67. The topological polar surface area (TPSA) is 61.2 Å². The smallest absolute Gasteiger partial charge is 0.349 e. The lowest BCUT2D eigenvalue weighted by Gasteiger charge is -2.20. The summed E-state index contributed by atoms with van der Waals surface area (Å²) in [7, 11) is 0. The molecular weight excluding hydrogens is 360 g/mol. The zero-order chi connectivity index (χ0) is 19.0. The van der Waals surface area contributed by atoms with E-state index in [2.05, 4.69) is 36.3 Å². The van der Waals surface area contributed by atoms with Crippen LogP contribution in [-0.2, 0) is 16.1 Å². The second-order valence-corrected chi connectivity index (χ2v) is 8.19. The Morgan fingerprint density at radius 3 is 2.78 bits per heavy atom. The summed E-state index contributed by atoms with van der Waals surface area (Å²) in [5.41, 5.74) is 3.27. The highest BCUT2D eigenvalue weighted by atomic mass is 32.1. The van der Waals surface area contributed by atoms with Crippen molar-refractivity contribution in [2.75, 3.05) is 0 Å². The number of esters is 1. The summed E-state index contributed by atoms with van der Waals surface area (Å²) < 4.78 is 7.43. The molecule has 2 heterocycles. The highest BCUT2D eigenvalue weighted by molar-refractivity contribution is 7.20. The van der Waals surface area contributed by atoms with E-state index in [1.165, 1.54) is 16.9 Å². The van der Waals surface area contributed by atoms with Crippen LogP contribution in [0.25, 0.3) is 10.2 Å². The summed E-state index contributed by atoms with van der Waals surface area (Å²) in [4.78, 5) is 26.0. The van der Waals surface area contributed by atoms with Gasteiger partial charge in [0.15, 0.2) is 11.9 Å². The Morgan fingerprint density at radius 2 is 2.04 bits per heavy atom. The van der Waals surface area contributed by atoms with E-state index in [9.17, 15) is 9.59 Å². The third-order valence-electron chi connectivity index (χ3n) is 5.01. The van der Waals surface area contributed by atoms with E-state index >= 15 is 0 Å². The van der Waals surface area contributed by atoms with Gasteiger partial charge in [0, 0.05) is 11.8 Å². The molecule has 1 atom stereocenters. The van der Waals surface area contributed by atoms with Crippen molar-refractivity contribution < 1.29 is 14.3 Å². The fraction of sp³-hybridized carbons (Fsp3) is 0.381.